The van der Waals surface area contributed by atoms with Crippen molar-refractivity contribution in [2.45, 2.75) is 12.8 Å². The van der Waals surface area contributed by atoms with Crippen LogP contribution in [0.15, 0.2) is 77.6 Å². The minimum absolute atomic E-state index is 0.821. The van der Waals surface area contributed by atoms with Crippen molar-refractivity contribution in [1.29, 1.82) is 0 Å². The van der Waals surface area contributed by atoms with Crippen LogP contribution in [0.3, 0.4) is 0 Å². The number of hydrogen-bond donors (Lipinski definition) is 0. The van der Waals surface area contributed by atoms with Crippen LogP contribution in [-0.2, 0) is 0 Å². The van der Waals surface area contributed by atoms with Gasteiger partial charge in [0.1, 0.15) is 11.5 Å². The molecule has 4 rings (SSSR count). The fraction of sp³-hybridized carbons (Fsp3) is 0.200. The predicted molar refractivity (Wildman–Crippen MR) is 118 cm³/mol. The van der Waals surface area contributed by atoms with Crippen LogP contribution in [0, 0.1) is 0 Å². The first kappa shape index (κ1) is 18.9. The van der Waals surface area contributed by atoms with Crippen LogP contribution in [0.5, 0.6) is 11.5 Å². The molecule has 0 saturated heterocycles. The van der Waals surface area contributed by atoms with Crippen molar-refractivity contribution >= 4 is 11.8 Å². The second-order valence-corrected chi connectivity index (χ2v) is 6.91. The molecule has 0 bridgehead atoms. The molecule has 0 fully saturated rings. The zero-order valence-corrected chi connectivity index (χ0v) is 16.8. The van der Waals surface area contributed by atoms with E-state index in [1.807, 2.05) is 36.5 Å². The summed E-state index contributed by atoms with van der Waals surface area (Å²) < 4.78 is 11.2. The summed E-state index contributed by atoms with van der Waals surface area (Å²) in [7, 11) is 3.39. The van der Waals surface area contributed by atoms with Crippen LogP contribution in [0.2, 0.25) is 0 Å². The lowest BCUT2D eigenvalue weighted by atomic mass is 9.93. The van der Waals surface area contributed by atoms with Gasteiger partial charge in [-0.25, -0.2) is 0 Å². The standard InChI is InChI=1S/C25H24N2O2/c1-28-23-10-4-3-9-21(23)22-16-18(11-12-24(22)29-2)15-19-7-6-14-27-25(19)20-8-5-13-26-17-20/h3-5,8-13,15-17H,6-7,14H2,1-2H3/b19-15+. The maximum absolute atomic E-state index is 5.63. The smallest absolute Gasteiger partial charge is 0.126 e. The van der Waals surface area contributed by atoms with Crippen molar-refractivity contribution in [3.05, 3.63) is 83.7 Å². The number of pyridine rings is 1. The molecular weight excluding hydrogens is 360 g/mol. The number of ether oxygens (including phenoxy) is 2. The number of rotatable bonds is 5. The van der Waals surface area contributed by atoms with Gasteiger partial charge in [0.05, 0.1) is 19.9 Å². The molecular formula is C25H24N2O2. The third kappa shape index (κ3) is 4.06. The Bertz CT molecular complexity index is 1060. The summed E-state index contributed by atoms with van der Waals surface area (Å²) >= 11 is 0. The van der Waals surface area contributed by atoms with Crippen molar-refractivity contribution in [1.82, 2.24) is 4.98 Å². The molecule has 1 aliphatic heterocycles. The lowest BCUT2D eigenvalue weighted by molar-refractivity contribution is 0.410. The van der Waals surface area contributed by atoms with E-state index in [1.165, 1.54) is 5.57 Å². The van der Waals surface area contributed by atoms with Crippen LogP contribution in [-0.4, -0.2) is 31.5 Å². The molecule has 0 radical (unpaired) electrons. The Morgan fingerprint density at radius 3 is 2.52 bits per heavy atom. The molecule has 4 nitrogen and oxygen atoms in total. The molecule has 0 N–H and O–H groups in total. The molecule has 1 aromatic heterocycles. The van der Waals surface area contributed by atoms with Crippen LogP contribution < -0.4 is 9.47 Å². The van der Waals surface area contributed by atoms with Gasteiger partial charge >= 0.3 is 0 Å². The average molecular weight is 384 g/mol. The molecule has 0 amide bonds. The maximum atomic E-state index is 5.63. The number of methoxy groups -OCH3 is 2. The van der Waals surface area contributed by atoms with E-state index in [2.05, 4.69) is 35.3 Å². The van der Waals surface area contributed by atoms with Gasteiger partial charge in [-0.15, -0.1) is 0 Å². The highest BCUT2D eigenvalue weighted by Gasteiger charge is 2.16. The number of aromatic nitrogens is 1. The van der Waals surface area contributed by atoms with Crippen molar-refractivity contribution < 1.29 is 9.47 Å². The van der Waals surface area contributed by atoms with Gasteiger partial charge in [0.2, 0.25) is 0 Å². The van der Waals surface area contributed by atoms with Crippen LogP contribution in [0.1, 0.15) is 24.0 Å². The summed E-state index contributed by atoms with van der Waals surface area (Å²) in [6, 6.07) is 18.3. The first-order chi connectivity index (χ1) is 14.3. The van der Waals surface area contributed by atoms with E-state index < -0.39 is 0 Å². The van der Waals surface area contributed by atoms with E-state index in [0.717, 1.165) is 58.9 Å². The van der Waals surface area contributed by atoms with E-state index in [-0.39, 0.29) is 0 Å². The van der Waals surface area contributed by atoms with Gasteiger partial charge in [0, 0.05) is 35.6 Å². The molecule has 0 saturated carbocycles. The molecule has 2 aromatic carbocycles. The van der Waals surface area contributed by atoms with Gasteiger partial charge in [-0.3, -0.25) is 9.98 Å². The van der Waals surface area contributed by atoms with E-state index in [4.69, 9.17) is 14.5 Å². The predicted octanol–water partition coefficient (Wildman–Crippen LogP) is 5.43. The van der Waals surface area contributed by atoms with Crippen LogP contribution in [0.25, 0.3) is 17.2 Å². The lowest BCUT2D eigenvalue weighted by Crippen LogP contribution is -2.11. The number of nitrogens with zero attached hydrogens (tertiary/aromatic N) is 2. The Morgan fingerprint density at radius 1 is 0.897 bits per heavy atom. The highest BCUT2D eigenvalue weighted by Crippen LogP contribution is 2.37. The lowest BCUT2D eigenvalue weighted by Gasteiger charge is -2.17. The second kappa shape index (κ2) is 8.74. The first-order valence-corrected chi connectivity index (χ1v) is 9.77. The minimum atomic E-state index is 0.821. The molecule has 0 unspecified atom stereocenters. The number of benzene rings is 2. The normalized spacial score (nSPS) is 15.1. The average Bonchev–Trinajstić information content (AvgIpc) is 2.80. The Hall–Kier alpha value is -3.40. The van der Waals surface area contributed by atoms with Crippen molar-refractivity contribution in [3.63, 3.8) is 0 Å². The fourth-order valence-corrected chi connectivity index (χ4v) is 3.69. The van der Waals surface area contributed by atoms with Gasteiger partial charge in [-0.05, 0) is 60.4 Å². The second-order valence-electron chi connectivity index (χ2n) is 6.91. The molecule has 3 aromatic rings. The summed E-state index contributed by atoms with van der Waals surface area (Å²) in [6.07, 6.45) is 7.96. The monoisotopic (exact) mass is 384 g/mol. The van der Waals surface area contributed by atoms with Crippen LogP contribution >= 0.6 is 0 Å². The van der Waals surface area contributed by atoms with E-state index >= 15 is 0 Å². The molecule has 0 spiro atoms. The van der Waals surface area contributed by atoms with E-state index in [9.17, 15) is 0 Å². The fourth-order valence-electron chi connectivity index (χ4n) is 3.69. The third-order valence-electron chi connectivity index (χ3n) is 5.07. The summed E-state index contributed by atoms with van der Waals surface area (Å²) in [4.78, 5) is 9.04. The van der Waals surface area contributed by atoms with Gasteiger partial charge in [-0.2, -0.15) is 0 Å². The topological polar surface area (TPSA) is 43.7 Å². The van der Waals surface area contributed by atoms with Crippen molar-refractivity contribution in [3.8, 4) is 22.6 Å². The summed E-state index contributed by atoms with van der Waals surface area (Å²) in [6.45, 7) is 0.858. The Labute approximate surface area is 171 Å². The van der Waals surface area contributed by atoms with Gasteiger partial charge in [-0.1, -0.05) is 24.3 Å². The molecule has 4 heteroatoms. The summed E-state index contributed by atoms with van der Waals surface area (Å²) in [5, 5.41) is 0. The number of allylic oxidation sites excluding steroid dienone is 1. The number of para-hydroxylation sites is 1. The summed E-state index contributed by atoms with van der Waals surface area (Å²) in [5.74, 6) is 1.65. The molecule has 146 valence electrons. The molecule has 29 heavy (non-hydrogen) atoms. The third-order valence-corrected chi connectivity index (χ3v) is 5.07. The summed E-state index contributed by atoms with van der Waals surface area (Å²) in [5.41, 5.74) is 6.48. The number of hydrogen-bond acceptors (Lipinski definition) is 4. The van der Waals surface area contributed by atoms with Gasteiger partial charge < -0.3 is 9.47 Å². The zero-order valence-electron chi connectivity index (χ0n) is 16.8. The zero-order chi connectivity index (χ0) is 20.1. The van der Waals surface area contributed by atoms with Crippen molar-refractivity contribution in [2.24, 2.45) is 4.99 Å². The highest BCUT2D eigenvalue weighted by molar-refractivity contribution is 6.15. The molecule has 1 aliphatic rings. The first-order valence-electron chi connectivity index (χ1n) is 9.77. The van der Waals surface area contributed by atoms with Crippen molar-refractivity contribution in [2.75, 3.05) is 20.8 Å². The Kier molecular flexibility index (Phi) is 5.71. The SMILES string of the molecule is COc1ccccc1-c1cc(/C=C2\CCCN=C2c2cccnc2)ccc1OC. The van der Waals surface area contributed by atoms with Gasteiger partial charge in [0.25, 0.3) is 0 Å². The Morgan fingerprint density at radius 2 is 1.72 bits per heavy atom. The molecule has 2 heterocycles. The largest absolute Gasteiger partial charge is 0.496 e. The van der Waals surface area contributed by atoms with Crippen LogP contribution in [0.4, 0.5) is 0 Å². The maximum Gasteiger partial charge on any atom is 0.126 e. The number of aliphatic imine (C=N–C) groups is 1. The van der Waals surface area contributed by atoms with Gasteiger partial charge in [0.15, 0.2) is 0 Å². The quantitative estimate of drug-likeness (QED) is 0.589. The highest BCUT2D eigenvalue weighted by atomic mass is 16.5. The molecule has 0 aliphatic carbocycles. The minimum Gasteiger partial charge on any atom is -0.496 e. The van der Waals surface area contributed by atoms with E-state index in [0.29, 0.717) is 0 Å². The van der Waals surface area contributed by atoms with E-state index in [1.54, 1.807) is 20.4 Å². The Balaban J connectivity index is 1.78. The molecule has 0 atom stereocenters.